The summed E-state index contributed by atoms with van der Waals surface area (Å²) in [5, 5.41) is 19.8. The van der Waals surface area contributed by atoms with E-state index in [9.17, 15) is 29.6 Å². The molecule has 1 fully saturated rings. The fourth-order valence-electron chi connectivity index (χ4n) is 6.26. The number of aliphatic hydroxyl groups is 2. The zero-order valence-electron chi connectivity index (χ0n) is 21.3. The molecule has 3 heterocycles. The van der Waals surface area contributed by atoms with Crippen molar-refractivity contribution in [3.63, 3.8) is 0 Å². The molecule has 11 heteroatoms. The van der Waals surface area contributed by atoms with E-state index in [1.54, 1.807) is 0 Å². The van der Waals surface area contributed by atoms with Gasteiger partial charge in [-0.05, 0) is 35.3 Å². The first-order chi connectivity index (χ1) is 16.8. The third-order valence-electron chi connectivity index (χ3n) is 8.26. The molecule has 0 saturated carbocycles. The minimum atomic E-state index is -9.69. The molecule has 2 aliphatic heterocycles. The van der Waals surface area contributed by atoms with E-state index in [1.807, 2.05) is 27.7 Å². The Bertz CT molecular complexity index is 1190. The molecule has 2 N–H and O–H groups in total. The van der Waals surface area contributed by atoms with Gasteiger partial charge in [-0.2, -0.15) is 0 Å². The minimum absolute atomic E-state index is 0.139. The van der Waals surface area contributed by atoms with E-state index >= 15 is 0 Å². The molecular weight excluding hydrogens is 517 g/mol. The second kappa shape index (κ2) is 7.78. The quantitative estimate of drug-likeness (QED) is 0.385. The lowest BCUT2D eigenvalue weighted by atomic mass is 9.68. The Kier molecular flexibility index (Phi) is 5.69. The van der Waals surface area contributed by atoms with Gasteiger partial charge < -0.3 is 19.7 Å². The van der Waals surface area contributed by atoms with Crippen LogP contribution in [0, 0.1) is 5.41 Å². The van der Waals surface area contributed by atoms with E-state index in [0.29, 0.717) is 66.6 Å². The summed E-state index contributed by atoms with van der Waals surface area (Å²) in [6.45, 7) is 8.34. The van der Waals surface area contributed by atoms with Crippen LogP contribution in [0.5, 0.6) is 0 Å². The Labute approximate surface area is 213 Å². The highest BCUT2D eigenvalue weighted by atomic mass is 32.5. The number of hydrogen-bond donors (Lipinski definition) is 2. The summed E-state index contributed by atoms with van der Waals surface area (Å²) < 4.78 is 79.5. The number of ether oxygens (including phenoxy) is 2. The van der Waals surface area contributed by atoms with Crippen molar-refractivity contribution in [1.82, 2.24) is 4.98 Å². The van der Waals surface area contributed by atoms with Crippen LogP contribution in [0.3, 0.4) is 0 Å². The van der Waals surface area contributed by atoms with Crippen molar-refractivity contribution < 1.29 is 39.1 Å². The first kappa shape index (κ1) is 27.1. The van der Waals surface area contributed by atoms with Gasteiger partial charge in [0.05, 0.1) is 17.4 Å². The molecule has 37 heavy (non-hydrogen) atoms. The number of allylic oxidation sites excluding steroid dienone is 1. The molecule has 2 aliphatic carbocycles. The monoisotopic (exact) mass is 551 g/mol. The number of rotatable bonds is 3. The van der Waals surface area contributed by atoms with Gasteiger partial charge >= 0.3 is 0 Å². The minimum Gasteiger partial charge on any atom is -0.388 e. The van der Waals surface area contributed by atoms with Gasteiger partial charge in [0.2, 0.25) is 0 Å². The van der Waals surface area contributed by atoms with Gasteiger partial charge in [-0.3, -0.25) is 4.98 Å². The number of pyridine rings is 1. The maximum Gasteiger partial charge on any atom is 0.291 e. The van der Waals surface area contributed by atoms with Crippen LogP contribution in [0.4, 0.5) is 19.4 Å². The summed E-state index contributed by atoms with van der Waals surface area (Å²) in [6.07, 6.45) is 0.438. The third kappa shape index (κ3) is 4.44. The molecule has 5 nitrogen and oxygen atoms in total. The number of fused-ring (bicyclic) bond motifs is 4. The maximum atomic E-state index is 13.4. The number of aliphatic hydroxyl groups excluding tert-OH is 2. The smallest absolute Gasteiger partial charge is 0.291 e. The van der Waals surface area contributed by atoms with Gasteiger partial charge in [-0.15, -0.1) is 0 Å². The Morgan fingerprint density at radius 2 is 1.70 bits per heavy atom. The number of halogens is 5. The second-order valence-corrected chi connectivity index (χ2v) is 14.5. The van der Waals surface area contributed by atoms with Gasteiger partial charge in [-0.1, -0.05) is 65.4 Å². The molecule has 0 amide bonds. The summed E-state index contributed by atoms with van der Waals surface area (Å²) in [5.41, 5.74) is 1.75. The van der Waals surface area contributed by atoms with Crippen LogP contribution in [0.1, 0.15) is 106 Å². The van der Waals surface area contributed by atoms with E-state index in [0.717, 1.165) is 11.6 Å². The number of aromatic nitrogens is 1. The van der Waals surface area contributed by atoms with E-state index in [2.05, 4.69) is 0 Å². The van der Waals surface area contributed by atoms with Gasteiger partial charge in [0.25, 0.3) is 10.2 Å². The molecule has 0 radical (unpaired) electrons. The Hall–Kier alpha value is -1.53. The summed E-state index contributed by atoms with van der Waals surface area (Å²) in [5.74, 6) is -0.139. The largest absolute Gasteiger partial charge is 0.388 e. The average Bonchev–Trinajstić information content (AvgIpc) is 3.09. The molecule has 4 atom stereocenters. The average molecular weight is 552 g/mol. The van der Waals surface area contributed by atoms with Crippen LogP contribution in [-0.4, -0.2) is 33.7 Å². The van der Waals surface area contributed by atoms with Gasteiger partial charge in [0.15, 0.2) is 0 Å². The lowest BCUT2D eigenvalue weighted by Gasteiger charge is -2.46. The van der Waals surface area contributed by atoms with Crippen LogP contribution in [0.25, 0.3) is 0 Å². The molecule has 1 saturated heterocycles. The Morgan fingerprint density at radius 3 is 2.24 bits per heavy atom. The fraction of sp³-hybridized carbons (Fsp3) is 0.654. The molecule has 4 aliphatic rings. The predicted molar refractivity (Wildman–Crippen MR) is 131 cm³/mol. The van der Waals surface area contributed by atoms with Crippen molar-refractivity contribution in [3.8, 4) is 0 Å². The van der Waals surface area contributed by atoms with Gasteiger partial charge in [0.1, 0.15) is 17.5 Å². The van der Waals surface area contributed by atoms with Gasteiger partial charge in [-0.25, -0.2) is 0 Å². The van der Waals surface area contributed by atoms with Crippen LogP contribution in [-0.2, 0) is 15.1 Å². The normalized spacial score (nSPS) is 32.5. The van der Waals surface area contributed by atoms with E-state index < -0.39 is 51.2 Å². The van der Waals surface area contributed by atoms with Crippen molar-refractivity contribution in [2.45, 2.75) is 88.5 Å². The van der Waals surface area contributed by atoms with Crippen LogP contribution in [0.2, 0.25) is 0 Å². The lowest BCUT2D eigenvalue weighted by molar-refractivity contribution is -0.123. The molecule has 0 bridgehead atoms. The van der Waals surface area contributed by atoms with E-state index in [4.69, 9.17) is 14.5 Å². The summed E-state index contributed by atoms with van der Waals surface area (Å²) in [4.78, 5) is 4.84. The van der Waals surface area contributed by atoms with Crippen LogP contribution in [0.15, 0.2) is 23.8 Å². The summed E-state index contributed by atoms with van der Waals surface area (Å²) >= 11 is 0. The van der Waals surface area contributed by atoms with Crippen LogP contribution >= 0.6 is 10.2 Å². The van der Waals surface area contributed by atoms with Crippen molar-refractivity contribution >= 4 is 10.2 Å². The molecule has 208 valence electrons. The molecule has 4 unspecified atom stereocenters. The Morgan fingerprint density at radius 1 is 1.05 bits per heavy atom. The lowest BCUT2D eigenvalue weighted by Crippen LogP contribution is -2.38. The fourth-order valence-corrected chi connectivity index (χ4v) is 7.10. The zero-order valence-corrected chi connectivity index (χ0v) is 22.1. The summed E-state index contributed by atoms with van der Waals surface area (Å²) in [7, 11) is -9.69. The Balaban J connectivity index is 1.70. The molecule has 1 aromatic heterocycles. The molecular formula is C26H34F5NO4S. The second-order valence-electron chi connectivity index (χ2n) is 11.8. The van der Waals surface area contributed by atoms with E-state index in [1.165, 1.54) is 6.08 Å². The standard InChI is InChI=1S/C26H34F5NO4S/c1-14(2)21-19-20(18-17(33)13-25(3,4)24(34)22(18)32-21)26(9-11-35-12-10-26)36-23(19)15-5-7-16(8-6-15)37(27,28,29,30)31/h5-7,14,16-17,23-24,33-34H,8-13H2,1-4H3. The van der Waals surface area contributed by atoms with Crippen molar-refractivity contribution in [3.05, 3.63) is 51.9 Å². The highest BCUT2D eigenvalue weighted by Gasteiger charge is 2.69. The maximum absolute atomic E-state index is 13.4. The zero-order chi connectivity index (χ0) is 27.2. The molecule has 1 aromatic rings. The highest BCUT2D eigenvalue weighted by Crippen LogP contribution is 3.01. The summed E-state index contributed by atoms with van der Waals surface area (Å²) in [6, 6.07) is 0. The first-order valence-electron chi connectivity index (χ1n) is 12.7. The SMILES string of the molecule is CC(C)c1nc2c(c3c1C(C1=CCC(S(F)(F)(F)(F)F)C=C1)OC31CCOCC1)C(O)CC(C)(C)C2O. The molecule has 5 rings (SSSR count). The van der Waals surface area contributed by atoms with Crippen molar-refractivity contribution in [2.75, 3.05) is 13.2 Å². The van der Waals surface area contributed by atoms with Crippen LogP contribution < -0.4 is 0 Å². The number of nitrogens with zero attached hydrogens (tertiary/aromatic N) is 1. The molecule has 0 aromatic carbocycles. The third-order valence-corrected chi connectivity index (χ3v) is 9.75. The predicted octanol–water partition coefficient (Wildman–Crippen LogP) is 7.33. The highest BCUT2D eigenvalue weighted by molar-refractivity contribution is 8.46. The van der Waals surface area contributed by atoms with Gasteiger partial charge in [0, 0.05) is 42.9 Å². The molecule has 1 spiro atoms. The van der Waals surface area contributed by atoms with Crippen molar-refractivity contribution in [2.24, 2.45) is 5.41 Å². The van der Waals surface area contributed by atoms with E-state index in [-0.39, 0.29) is 5.92 Å². The van der Waals surface area contributed by atoms with Crippen molar-refractivity contribution in [1.29, 1.82) is 0 Å². The first-order valence-corrected chi connectivity index (χ1v) is 14.7. The topological polar surface area (TPSA) is 71.8 Å². The number of hydrogen-bond acceptors (Lipinski definition) is 5.